The molecule has 0 aromatic carbocycles. The number of aryl methyl sites for hydroxylation is 2. The van der Waals surface area contributed by atoms with Crippen LogP contribution in [0.3, 0.4) is 0 Å². The predicted octanol–water partition coefficient (Wildman–Crippen LogP) is 0.281. The Kier molecular flexibility index (Phi) is 4.44. The van der Waals surface area contributed by atoms with Crippen LogP contribution >= 0.6 is 0 Å². The number of carboxylic acids is 1. The van der Waals surface area contributed by atoms with E-state index in [-0.39, 0.29) is 29.2 Å². The van der Waals surface area contributed by atoms with Crippen LogP contribution in [0.4, 0.5) is 5.82 Å². The summed E-state index contributed by atoms with van der Waals surface area (Å²) in [6.45, 7) is 1.83. The third-order valence-corrected chi connectivity index (χ3v) is 3.05. The van der Waals surface area contributed by atoms with Crippen molar-refractivity contribution in [2.24, 2.45) is 14.1 Å². The molecular weight excluding hydrogens is 306 g/mol. The summed E-state index contributed by atoms with van der Waals surface area (Å²) >= 11 is 0. The maximum Gasteiger partial charge on any atom is 0.354 e. The molecule has 0 fully saturated rings. The van der Waals surface area contributed by atoms with Gasteiger partial charge in [-0.2, -0.15) is 10.2 Å². The molecule has 2 aromatic heterocycles. The van der Waals surface area contributed by atoms with Gasteiger partial charge in [-0.1, -0.05) is 0 Å². The highest BCUT2D eigenvalue weighted by Gasteiger charge is 2.25. The number of aromatic carboxylic acids is 1. The minimum atomic E-state index is -1.29. The topological polar surface area (TPSA) is 128 Å². The van der Waals surface area contributed by atoms with Crippen LogP contribution in [0.5, 0.6) is 0 Å². The molecule has 122 valence electrons. The van der Waals surface area contributed by atoms with Crippen molar-refractivity contribution in [3.63, 3.8) is 0 Å². The van der Waals surface area contributed by atoms with Gasteiger partial charge in [-0.3, -0.25) is 14.2 Å². The summed E-state index contributed by atoms with van der Waals surface area (Å²) in [5.41, 5.74) is -0.318. The summed E-state index contributed by atoms with van der Waals surface area (Å²) in [5, 5.41) is 19.3. The van der Waals surface area contributed by atoms with Gasteiger partial charge >= 0.3 is 11.9 Å². The average molecular weight is 321 g/mol. The number of rotatable bonds is 5. The Labute approximate surface area is 130 Å². The molecule has 0 aliphatic heterocycles. The molecule has 0 aliphatic carbocycles. The number of carbonyl (C=O) groups excluding carboxylic acids is 2. The molecule has 0 saturated carbocycles. The van der Waals surface area contributed by atoms with Gasteiger partial charge in [-0.05, 0) is 6.92 Å². The number of anilines is 1. The lowest BCUT2D eigenvalue weighted by molar-refractivity contribution is 0.0527. The first kappa shape index (κ1) is 16.2. The van der Waals surface area contributed by atoms with Gasteiger partial charge in [0.1, 0.15) is 11.4 Å². The number of nitrogens with zero attached hydrogens (tertiary/aromatic N) is 4. The molecule has 1 amide bonds. The van der Waals surface area contributed by atoms with Crippen molar-refractivity contribution in [2.75, 3.05) is 11.9 Å². The molecule has 0 atom stereocenters. The van der Waals surface area contributed by atoms with E-state index in [9.17, 15) is 14.4 Å². The third-order valence-electron chi connectivity index (χ3n) is 3.05. The maximum absolute atomic E-state index is 12.3. The van der Waals surface area contributed by atoms with Crippen LogP contribution in [-0.2, 0) is 18.8 Å². The first-order valence-electron chi connectivity index (χ1n) is 6.62. The Balaban J connectivity index is 2.33. The molecule has 2 N–H and O–H groups in total. The highest BCUT2D eigenvalue weighted by molar-refractivity contribution is 6.11. The number of ether oxygens (including phenoxy) is 1. The van der Waals surface area contributed by atoms with Crippen molar-refractivity contribution >= 4 is 23.7 Å². The summed E-state index contributed by atoms with van der Waals surface area (Å²) in [7, 11) is 2.94. The Hall–Kier alpha value is -3.17. The fourth-order valence-corrected chi connectivity index (χ4v) is 1.98. The second-order valence-corrected chi connectivity index (χ2v) is 4.54. The normalized spacial score (nSPS) is 10.4. The Bertz CT molecular complexity index is 776. The van der Waals surface area contributed by atoms with Crippen LogP contribution in [-0.4, -0.2) is 49.1 Å². The molecule has 23 heavy (non-hydrogen) atoms. The Morgan fingerprint density at radius 2 is 1.78 bits per heavy atom. The number of nitrogens with one attached hydrogen (secondary N) is 1. The van der Waals surface area contributed by atoms with Crippen LogP contribution in [0.2, 0.25) is 0 Å². The van der Waals surface area contributed by atoms with Crippen LogP contribution in [0, 0.1) is 0 Å². The van der Waals surface area contributed by atoms with E-state index in [0.29, 0.717) is 0 Å². The second-order valence-electron chi connectivity index (χ2n) is 4.54. The SMILES string of the molecule is CCOC(=O)c1cnn(C)c1NC(=O)c1cnn(C)c1C(=O)O. The predicted molar refractivity (Wildman–Crippen MR) is 77.3 cm³/mol. The highest BCUT2D eigenvalue weighted by atomic mass is 16.5. The Morgan fingerprint density at radius 1 is 1.17 bits per heavy atom. The summed E-state index contributed by atoms with van der Waals surface area (Å²) in [5.74, 6) is -2.54. The van der Waals surface area contributed by atoms with E-state index >= 15 is 0 Å². The zero-order valence-electron chi connectivity index (χ0n) is 12.7. The molecule has 2 rings (SSSR count). The summed E-state index contributed by atoms with van der Waals surface area (Å²) < 4.78 is 7.24. The second kappa shape index (κ2) is 6.30. The first-order chi connectivity index (χ1) is 10.9. The van der Waals surface area contributed by atoms with Crippen molar-refractivity contribution in [2.45, 2.75) is 6.92 Å². The molecule has 2 aromatic rings. The van der Waals surface area contributed by atoms with E-state index in [4.69, 9.17) is 9.84 Å². The van der Waals surface area contributed by atoms with Crippen molar-refractivity contribution < 1.29 is 24.2 Å². The zero-order valence-corrected chi connectivity index (χ0v) is 12.7. The highest BCUT2D eigenvalue weighted by Crippen LogP contribution is 2.18. The number of carbonyl (C=O) groups is 3. The van der Waals surface area contributed by atoms with Crippen molar-refractivity contribution in [3.05, 3.63) is 29.2 Å². The lowest BCUT2D eigenvalue weighted by Crippen LogP contribution is -2.20. The first-order valence-corrected chi connectivity index (χ1v) is 6.62. The molecule has 2 heterocycles. The lowest BCUT2D eigenvalue weighted by Gasteiger charge is -2.08. The van der Waals surface area contributed by atoms with E-state index in [1.165, 1.54) is 25.0 Å². The fraction of sp³-hybridized carbons (Fsp3) is 0.308. The smallest absolute Gasteiger partial charge is 0.354 e. The number of hydrogen-bond donors (Lipinski definition) is 2. The third kappa shape index (κ3) is 3.05. The lowest BCUT2D eigenvalue weighted by atomic mass is 10.2. The Morgan fingerprint density at radius 3 is 2.39 bits per heavy atom. The standard InChI is InChI=1S/C13H15N5O5/c1-4-23-13(22)8-6-15-18(3)10(8)16-11(19)7-5-14-17(2)9(7)12(20)21/h5-6H,4H2,1-3H3,(H,16,19)(H,20,21). The molecule has 0 unspecified atom stereocenters. The molecule has 0 radical (unpaired) electrons. The van der Waals surface area contributed by atoms with E-state index in [0.717, 1.165) is 10.9 Å². The summed E-state index contributed by atoms with van der Waals surface area (Å²) in [6.07, 6.45) is 2.40. The molecule has 0 saturated heterocycles. The van der Waals surface area contributed by atoms with Gasteiger partial charge in [0.25, 0.3) is 5.91 Å². The van der Waals surface area contributed by atoms with Crippen molar-refractivity contribution in [1.82, 2.24) is 19.6 Å². The van der Waals surface area contributed by atoms with Crippen LogP contribution in [0.1, 0.15) is 38.1 Å². The van der Waals surface area contributed by atoms with Gasteiger partial charge in [-0.15, -0.1) is 0 Å². The molecule has 10 heteroatoms. The fourth-order valence-electron chi connectivity index (χ4n) is 1.98. The molecule has 0 aliphatic rings. The van der Waals surface area contributed by atoms with Crippen LogP contribution < -0.4 is 5.32 Å². The molecule has 0 spiro atoms. The number of esters is 1. The molecule has 0 bridgehead atoms. The summed E-state index contributed by atoms with van der Waals surface area (Å²) in [6, 6.07) is 0. The van der Waals surface area contributed by atoms with Gasteiger partial charge in [0.2, 0.25) is 0 Å². The van der Waals surface area contributed by atoms with Crippen LogP contribution in [0.15, 0.2) is 12.4 Å². The average Bonchev–Trinajstić information content (AvgIpc) is 3.03. The number of amides is 1. The maximum atomic E-state index is 12.3. The van der Waals surface area contributed by atoms with Gasteiger partial charge < -0.3 is 15.2 Å². The molecular formula is C13H15N5O5. The number of aromatic nitrogens is 4. The quantitative estimate of drug-likeness (QED) is 0.757. The summed E-state index contributed by atoms with van der Waals surface area (Å²) in [4.78, 5) is 35.4. The van der Waals surface area contributed by atoms with E-state index < -0.39 is 17.8 Å². The minimum absolute atomic E-state index is 0.0727. The monoisotopic (exact) mass is 321 g/mol. The zero-order chi connectivity index (χ0) is 17.1. The van der Waals surface area contributed by atoms with E-state index in [1.54, 1.807) is 6.92 Å². The van der Waals surface area contributed by atoms with Gasteiger partial charge in [-0.25, -0.2) is 9.59 Å². The molecule has 10 nitrogen and oxygen atoms in total. The largest absolute Gasteiger partial charge is 0.477 e. The van der Waals surface area contributed by atoms with Gasteiger partial charge in [0, 0.05) is 14.1 Å². The van der Waals surface area contributed by atoms with Gasteiger partial charge in [0.05, 0.1) is 24.6 Å². The number of hydrogen-bond acceptors (Lipinski definition) is 6. The van der Waals surface area contributed by atoms with E-state index in [2.05, 4.69) is 15.5 Å². The number of carboxylic acid groups (broad SMARTS) is 1. The van der Waals surface area contributed by atoms with Gasteiger partial charge in [0.15, 0.2) is 5.69 Å². The van der Waals surface area contributed by atoms with Crippen LogP contribution in [0.25, 0.3) is 0 Å². The minimum Gasteiger partial charge on any atom is -0.477 e. The van der Waals surface area contributed by atoms with Crippen molar-refractivity contribution in [3.8, 4) is 0 Å². The van der Waals surface area contributed by atoms with Crippen molar-refractivity contribution in [1.29, 1.82) is 0 Å². The van der Waals surface area contributed by atoms with E-state index in [1.807, 2.05) is 0 Å².